The van der Waals surface area contributed by atoms with Crippen molar-refractivity contribution < 1.29 is 32.2 Å². The standard InChI is InChI=1S/C30H41FN4O6S/c1-20-17-35(21(2)19-36)29(37)16-22-15-25(33-42(39,40)26-12-9-23(31)10-13-26)11-14-27(22)41-28(20)18-34(3)30(38)32-24-7-5-4-6-8-24/h9-15,20-21,24,28,33,36H,4-8,16-19H2,1-3H3,(H,32,38)/t20-,21-,28+/m1/s1. The van der Waals surface area contributed by atoms with Gasteiger partial charge < -0.3 is 25.0 Å². The lowest BCUT2D eigenvalue weighted by Crippen LogP contribution is -2.50. The van der Waals surface area contributed by atoms with Gasteiger partial charge in [-0.25, -0.2) is 17.6 Å². The zero-order chi connectivity index (χ0) is 30.4. The van der Waals surface area contributed by atoms with Crippen molar-refractivity contribution in [3.8, 4) is 5.75 Å². The van der Waals surface area contributed by atoms with Crippen LogP contribution in [0.3, 0.4) is 0 Å². The van der Waals surface area contributed by atoms with Gasteiger partial charge in [0.1, 0.15) is 17.7 Å². The number of hydrogen-bond acceptors (Lipinski definition) is 6. The van der Waals surface area contributed by atoms with Gasteiger partial charge in [-0.1, -0.05) is 26.2 Å². The molecule has 1 fully saturated rings. The van der Waals surface area contributed by atoms with E-state index in [0.29, 0.717) is 17.9 Å². The number of amides is 3. The van der Waals surface area contributed by atoms with E-state index in [0.717, 1.165) is 37.8 Å². The number of rotatable bonds is 8. The van der Waals surface area contributed by atoms with Gasteiger partial charge in [-0.05, 0) is 62.2 Å². The second-order valence-corrected chi connectivity index (χ2v) is 13.1. The van der Waals surface area contributed by atoms with Crippen LogP contribution in [0.15, 0.2) is 47.4 Å². The lowest BCUT2D eigenvalue weighted by molar-refractivity contribution is -0.134. The molecule has 0 bridgehead atoms. The summed E-state index contributed by atoms with van der Waals surface area (Å²) < 4.78 is 48.1. The van der Waals surface area contributed by atoms with Crippen LogP contribution >= 0.6 is 0 Å². The molecule has 1 saturated carbocycles. The van der Waals surface area contributed by atoms with Crippen LogP contribution in [0, 0.1) is 11.7 Å². The van der Waals surface area contributed by atoms with Crippen LogP contribution in [-0.4, -0.2) is 80.2 Å². The van der Waals surface area contributed by atoms with Crippen molar-refractivity contribution in [2.45, 2.75) is 75.5 Å². The number of carbonyl (C=O) groups is 2. The minimum atomic E-state index is -4.02. The van der Waals surface area contributed by atoms with Gasteiger partial charge in [0.25, 0.3) is 10.0 Å². The number of nitrogens with one attached hydrogen (secondary N) is 2. The highest BCUT2D eigenvalue weighted by molar-refractivity contribution is 7.92. The summed E-state index contributed by atoms with van der Waals surface area (Å²) in [6, 6.07) is 8.69. The van der Waals surface area contributed by atoms with E-state index in [1.165, 1.54) is 24.6 Å². The van der Waals surface area contributed by atoms with E-state index in [2.05, 4.69) is 10.0 Å². The third-order valence-electron chi connectivity index (χ3n) is 8.03. The van der Waals surface area contributed by atoms with E-state index in [1.807, 2.05) is 6.92 Å². The van der Waals surface area contributed by atoms with E-state index >= 15 is 0 Å². The van der Waals surface area contributed by atoms with Crippen molar-refractivity contribution in [3.63, 3.8) is 0 Å². The number of halogens is 1. The van der Waals surface area contributed by atoms with Gasteiger partial charge in [0.2, 0.25) is 5.91 Å². The first-order valence-electron chi connectivity index (χ1n) is 14.5. The normalized spacial score (nSPS) is 20.8. The van der Waals surface area contributed by atoms with E-state index < -0.39 is 28.0 Å². The number of nitrogens with zero attached hydrogens (tertiary/aromatic N) is 2. The maximum Gasteiger partial charge on any atom is 0.317 e. The number of hydrogen-bond donors (Lipinski definition) is 3. The Labute approximate surface area is 247 Å². The maximum absolute atomic E-state index is 13.4. The smallest absolute Gasteiger partial charge is 0.317 e. The topological polar surface area (TPSA) is 128 Å². The fraction of sp³-hybridized carbons (Fsp3) is 0.533. The summed E-state index contributed by atoms with van der Waals surface area (Å²) in [6.07, 6.45) is 4.74. The highest BCUT2D eigenvalue weighted by Crippen LogP contribution is 2.30. The molecule has 3 amide bonds. The quantitative estimate of drug-likeness (QED) is 0.421. The summed E-state index contributed by atoms with van der Waals surface area (Å²) in [5.74, 6) is -0.583. The van der Waals surface area contributed by atoms with Crippen molar-refractivity contribution in [3.05, 3.63) is 53.8 Å². The third kappa shape index (κ3) is 7.91. The zero-order valence-corrected chi connectivity index (χ0v) is 25.2. The molecule has 2 aromatic rings. The van der Waals surface area contributed by atoms with E-state index in [-0.39, 0.29) is 54.1 Å². The predicted molar refractivity (Wildman–Crippen MR) is 157 cm³/mol. The molecule has 12 heteroatoms. The summed E-state index contributed by atoms with van der Waals surface area (Å²) in [5, 5.41) is 13.0. The number of fused-ring (bicyclic) bond motifs is 1. The Bertz CT molecular complexity index is 1350. The Kier molecular flexibility index (Phi) is 10.3. The molecule has 0 radical (unpaired) electrons. The molecule has 1 aliphatic heterocycles. The maximum atomic E-state index is 13.4. The van der Waals surface area contributed by atoms with Crippen molar-refractivity contribution in [1.82, 2.24) is 15.1 Å². The number of urea groups is 1. The van der Waals surface area contributed by atoms with Gasteiger partial charge in [-0.15, -0.1) is 0 Å². The number of aliphatic hydroxyl groups excluding tert-OH is 1. The molecule has 2 aliphatic rings. The fourth-order valence-corrected chi connectivity index (χ4v) is 6.47. The molecule has 1 aliphatic carbocycles. The number of benzene rings is 2. The van der Waals surface area contributed by atoms with Crippen LogP contribution in [0.2, 0.25) is 0 Å². The number of sulfonamides is 1. The Morgan fingerprint density at radius 1 is 1.17 bits per heavy atom. The monoisotopic (exact) mass is 604 g/mol. The van der Waals surface area contributed by atoms with E-state index in [9.17, 15) is 27.5 Å². The van der Waals surface area contributed by atoms with Crippen LogP contribution in [0.5, 0.6) is 5.75 Å². The average Bonchev–Trinajstić information content (AvgIpc) is 3.00. The summed E-state index contributed by atoms with van der Waals surface area (Å²) in [5.41, 5.74) is 0.673. The second kappa shape index (κ2) is 13.7. The molecule has 0 unspecified atom stereocenters. The van der Waals surface area contributed by atoms with Gasteiger partial charge in [0, 0.05) is 36.8 Å². The fourth-order valence-electron chi connectivity index (χ4n) is 5.42. The first-order valence-corrected chi connectivity index (χ1v) is 15.9. The van der Waals surface area contributed by atoms with Crippen molar-refractivity contribution in [1.29, 1.82) is 0 Å². The Hall–Kier alpha value is -3.38. The Morgan fingerprint density at radius 2 is 1.86 bits per heavy atom. The molecule has 4 rings (SSSR count). The molecular weight excluding hydrogens is 563 g/mol. The largest absolute Gasteiger partial charge is 0.488 e. The van der Waals surface area contributed by atoms with Crippen LogP contribution in [0.1, 0.15) is 51.5 Å². The number of ether oxygens (including phenoxy) is 1. The number of carbonyl (C=O) groups excluding carboxylic acids is 2. The molecule has 0 aromatic heterocycles. The molecular formula is C30H41FN4O6S. The minimum absolute atomic E-state index is 0.0801. The van der Waals surface area contributed by atoms with E-state index in [4.69, 9.17) is 4.74 Å². The molecule has 230 valence electrons. The van der Waals surface area contributed by atoms with Gasteiger partial charge >= 0.3 is 6.03 Å². The van der Waals surface area contributed by atoms with Crippen LogP contribution < -0.4 is 14.8 Å². The highest BCUT2D eigenvalue weighted by atomic mass is 32.2. The zero-order valence-electron chi connectivity index (χ0n) is 24.4. The molecule has 42 heavy (non-hydrogen) atoms. The average molecular weight is 605 g/mol. The van der Waals surface area contributed by atoms with Crippen molar-refractivity contribution in [2.24, 2.45) is 5.92 Å². The number of aliphatic hydroxyl groups is 1. The molecule has 10 nitrogen and oxygen atoms in total. The molecule has 3 atom stereocenters. The third-order valence-corrected chi connectivity index (χ3v) is 9.42. The van der Waals surface area contributed by atoms with Crippen LogP contribution in [-0.2, 0) is 21.2 Å². The summed E-state index contributed by atoms with van der Waals surface area (Å²) in [7, 11) is -2.30. The molecule has 3 N–H and O–H groups in total. The summed E-state index contributed by atoms with van der Waals surface area (Å²) >= 11 is 0. The summed E-state index contributed by atoms with van der Waals surface area (Å²) in [6.45, 7) is 4.04. The first kappa shape index (κ1) is 31.6. The van der Waals surface area contributed by atoms with Crippen LogP contribution in [0.25, 0.3) is 0 Å². The SMILES string of the molecule is C[C@@H]1CN([C@H](C)CO)C(=O)Cc2cc(NS(=O)(=O)c3ccc(F)cc3)ccc2O[C@H]1CN(C)C(=O)NC1CCCCC1. The lowest BCUT2D eigenvalue weighted by atomic mass is 9.96. The number of likely N-dealkylation sites (N-methyl/N-ethyl adjacent to an activating group) is 1. The predicted octanol–water partition coefficient (Wildman–Crippen LogP) is 3.75. The number of anilines is 1. The van der Waals surface area contributed by atoms with E-state index in [1.54, 1.807) is 35.9 Å². The lowest BCUT2D eigenvalue weighted by Gasteiger charge is -2.34. The van der Waals surface area contributed by atoms with Gasteiger partial charge in [-0.2, -0.15) is 0 Å². The molecule has 0 spiro atoms. The molecule has 1 heterocycles. The first-order chi connectivity index (χ1) is 20.0. The van der Waals surface area contributed by atoms with Crippen molar-refractivity contribution >= 4 is 27.6 Å². The summed E-state index contributed by atoms with van der Waals surface area (Å²) in [4.78, 5) is 29.6. The van der Waals surface area contributed by atoms with Gasteiger partial charge in [0.15, 0.2) is 0 Å². The van der Waals surface area contributed by atoms with Gasteiger partial charge in [0.05, 0.1) is 30.5 Å². The van der Waals surface area contributed by atoms with Gasteiger partial charge in [-0.3, -0.25) is 9.52 Å². The van der Waals surface area contributed by atoms with Crippen molar-refractivity contribution in [2.75, 3.05) is 31.5 Å². The Morgan fingerprint density at radius 3 is 2.52 bits per heavy atom. The second-order valence-electron chi connectivity index (χ2n) is 11.4. The molecule has 0 saturated heterocycles. The Balaban J connectivity index is 1.59. The van der Waals surface area contributed by atoms with Crippen LogP contribution in [0.4, 0.5) is 14.9 Å². The molecule has 2 aromatic carbocycles. The highest BCUT2D eigenvalue weighted by Gasteiger charge is 2.32. The minimum Gasteiger partial charge on any atom is -0.488 e.